The number of alkyl carbamates (subject to hydrolysis) is 1. The largest absolute Gasteiger partial charge is 0.445 e. The molecule has 0 bridgehead atoms. The lowest BCUT2D eigenvalue weighted by Gasteiger charge is -2.06. The molecule has 0 radical (unpaired) electrons. The Morgan fingerprint density at radius 3 is 2.69 bits per heavy atom. The van der Waals surface area contributed by atoms with E-state index in [9.17, 15) is 4.79 Å². The number of carbonyl (C=O) groups excluding carboxylic acids is 1. The highest BCUT2D eigenvalue weighted by Crippen LogP contribution is 2.04. The van der Waals surface area contributed by atoms with Crippen molar-refractivity contribution in [2.24, 2.45) is 5.73 Å². The Balaban J connectivity index is 2.23. The molecule has 88 valence electrons. The molecule has 0 unspecified atom stereocenters. The summed E-state index contributed by atoms with van der Waals surface area (Å²) in [7, 11) is 0. The molecule has 3 N–H and O–H groups in total. The lowest BCUT2D eigenvalue weighted by atomic mass is 10.2. The summed E-state index contributed by atoms with van der Waals surface area (Å²) in [6.07, 6.45) is 0.369. The van der Waals surface area contributed by atoms with Gasteiger partial charge in [-0.15, -0.1) is 0 Å². The van der Waals surface area contributed by atoms with E-state index in [1.165, 1.54) is 5.56 Å². The van der Waals surface area contributed by atoms with Gasteiger partial charge in [-0.05, 0) is 25.5 Å². The standard InChI is InChI=1S/C12H18N2O2/c1-10-3-5-11(6-4-10)9-16-12(15)14-8-2-7-13/h3-6H,2,7-9,13H2,1H3,(H,14,15). The minimum Gasteiger partial charge on any atom is -0.445 e. The quantitative estimate of drug-likeness (QED) is 0.743. The molecule has 0 fully saturated rings. The normalized spacial score (nSPS) is 9.88. The minimum absolute atomic E-state index is 0.300. The fourth-order valence-electron chi connectivity index (χ4n) is 1.18. The lowest BCUT2D eigenvalue weighted by molar-refractivity contribution is 0.139. The van der Waals surface area contributed by atoms with Crippen LogP contribution in [0.4, 0.5) is 4.79 Å². The summed E-state index contributed by atoms with van der Waals surface area (Å²) in [5, 5.41) is 2.62. The van der Waals surface area contributed by atoms with Crippen molar-refractivity contribution >= 4 is 6.09 Å². The molecule has 0 spiro atoms. The molecule has 0 aromatic heterocycles. The van der Waals surface area contributed by atoms with E-state index in [0.29, 0.717) is 19.7 Å². The third kappa shape index (κ3) is 4.79. The third-order valence-corrected chi connectivity index (χ3v) is 2.14. The number of benzene rings is 1. The van der Waals surface area contributed by atoms with E-state index < -0.39 is 6.09 Å². The molecular formula is C12H18N2O2. The number of nitrogens with one attached hydrogen (secondary N) is 1. The zero-order valence-electron chi connectivity index (χ0n) is 9.53. The van der Waals surface area contributed by atoms with Crippen LogP contribution in [0.2, 0.25) is 0 Å². The SMILES string of the molecule is Cc1ccc(COC(=O)NCCCN)cc1. The highest BCUT2D eigenvalue weighted by atomic mass is 16.5. The average molecular weight is 222 g/mol. The van der Waals surface area contributed by atoms with Crippen LogP contribution in [0.5, 0.6) is 0 Å². The van der Waals surface area contributed by atoms with Crippen LogP contribution in [0.3, 0.4) is 0 Å². The Morgan fingerprint density at radius 2 is 2.06 bits per heavy atom. The van der Waals surface area contributed by atoms with Crippen LogP contribution in [-0.4, -0.2) is 19.2 Å². The predicted octanol–water partition coefficient (Wildman–Crippen LogP) is 1.57. The van der Waals surface area contributed by atoms with Crippen molar-refractivity contribution in [1.82, 2.24) is 5.32 Å². The molecule has 16 heavy (non-hydrogen) atoms. The van der Waals surface area contributed by atoms with Crippen molar-refractivity contribution in [2.45, 2.75) is 20.0 Å². The van der Waals surface area contributed by atoms with Crippen molar-refractivity contribution in [3.63, 3.8) is 0 Å². The molecule has 0 aliphatic carbocycles. The van der Waals surface area contributed by atoms with Gasteiger partial charge in [0.2, 0.25) is 0 Å². The molecule has 4 heteroatoms. The smallest absolute Gasteiger partial charge is 0.407 e. The predicted molar refractivity (Wildman–Crippen MR) is 63.0 cm³/mol. The van der Waals surface area contributed by atoms with Gasteiger partial charge in [0.1, 0.15) is 6.61 Å². The van der Waals surface area contributed by atoms with Gasteiger partial charge in [-0.25, -0.2) is 4.79 Å². The number of amides is 1. The maximum Gasteiger partial charge on any atom is 0.407 e. The zero-order valence-corrected chi connectivity index (χ0v) is 9.53. The minimum atomic E-state index is -0.394. The number of rotatable bonds is 5. The second-order valence-corrected chi connectivity index (χ2v) is 3.63. The molecule has 0 aliphatic heterocycles. The second kappa shape index (κ2) is 6.85. The summed E-state index contributed by atoms with van der Waals surface area (Å²) in [6, 6.07) is 7.88. The van der Waals surface area contributed by atoms with Gasteiger partial charge in [0.05, 0.1) is 0 Å². The molecule has 0 saturated heterocycles. The number of ether oxygens (including phenoxy) is 1. The van der Waals surface area contributed by atoms with Crippen molar-refractivity contribution in [2.75, 3.05) is 13.1 Å². The first-order chi connectivity index (χ1) is 7.72. The number of hydrogen-bond donors (Lipinski definition) is 2. The van der Waals surface area contributed by atoms with Crippen LogP contribution >= 0.6 is 0 Å². The summed E-state index contributed by atoms with van der Waals surface area (Å²) >= 11 is 0. The first-order valence-corrected chi connectivity index (χ1v) is 5.38. The monoisotopic (exact) mass is 222 g/mol. The lowest BCUT2D eigenvalue weighted by Crippen LogP contribution is -2.26. The van der Waals surface area contributed by atoms with Crippen LogP contribution in [-0.2, 0) is 11.3 Å². The fourth-order valence-corrected chi connectivity index (χ4v) is 1.18. The van der Waals surface area contributed by atoms with Gasteiger partial charge in [0, 0.05) is 6.54 Å². The molecule has 0 atom stereocenters. The Bertz CT molecular complexity index is 322. The summed E-state index contributed by atoms with van der Waals surface area (Å²) in [5.41, 5.74) is 7.48. The molecule has 1 aromatic carbocycles. The Hall–Kier alpha value is -1.55. The van der Waals surface area contributed by atoms with E-state index in [2.05, 4.69) is 5.32 Å². The Kier molecular flexibility index (Phi) is 5.36. The zero-order chi connectivity index (χ0) is 11.8. The molecule has 1 aromatic rings. The number of aryl methyl sites for hydroxylation is 1. The highest BCUT2D eigenvalue weighted by Gasteiger charge is 2.00. The number of nitrogens with two attached hydrogens (primary N) is 1. The molecule has 0 heterocycles. The van der Waals surface area contributed by atoms with Crippen LogP contribution < -0.4 is 11.1 Å². The van der Waals surface area contributed by atoms with E-state index in [4.69, 9.17) is 10.5 Å². The topological polar surface area (TPSA) is 64.3 Å². The molecule has 1 amide bonds. The summed E-state index contributed by atoms with van der Waals surface area (Å²) in [4.78, 5) is 11.2. The first-order valence-electron chi connectivity index (χ1n) is 5.38. The van der Waals surface area contributed by atoms with E-state index in [1.807, 2.05) is 31.2 Å². The van der Waals surface area contributed by atoms with Gasteiger partial charge in [-0.2, -0.15) is 0 Å². The van der Waals surface area contributed by atoms with Crippen molar-refractivity contribution in [3.05, 3.63) is 35.4 Å². The third-order valence-electron chi connectivity index (χ3n) is 2.14. The molecule has 0 aliphatic rings. The summed E-state index contributed by atoms with van der Waals surface area (Å²) in [6.45, 7) is 3.44. The van der Waals surface area contributed by atoms with E-state index in [1.54, 1.807) is 0 Å². The molecule has 0 saturated carbocycles. The van der Waals surface area contributed by atoms with Gasteiger partial charge >= 0.3 is 6.09 Å². The van der Waals surface area contributed by atoms with Crippen LogP contribution in [0.1, 0.15) is 17.5 Å². The maximum absolute atomic E-state index is 11.2. The summed E-state index contributed by atoms with van der Waals surface area (Å²) in [5.74, 6) is 0. The van der Waals surface area contributed by atoms with Gasteiger partial charge in [-0.3, -0.25) is 0 Å². The highest BCUT2D eigenvalue weighted by molar-refractivity contribution is 5.67. The van der Waals surface area contributed by atoms with E-state index in [0.717, 1.165) is 12.0 Å². The van der Waals surface area contributed by atoms with Crippen LogP contribution in [0, 0.1) is 6.92 Å². The van der Waals surface area contributed by atoms with Gasteiger partial charge in [-0.1, -0.05) is 29.8 Å². The van der Waals surface area contributed by atoms with Gasteiger partial charge in [0.25, 0.3) is 0 Å². The molecule has 4 nitrogen and oxygen atoms in total. The molecule has 1 rings (SSSR count). The van der Waals surface area contributed by atoms with Crippen molar-refractivity contribution in [1.29, 1.82) is 0 Å². The Morgan fingerprint density at radius 1 is 1.38 bits per heavy atom. The van der Waals surface area contributed by atoms with Gasteiger partial charge < -0.3 is 15.8 Å². The average Bonchev–Trinajstić information content (AvgIpc) is 2.29. The van der Waals surface area contributed by atoms with Gasteiger partial charge in [0.15, 0.2) is 0 Å². The molecular weight excluding hydrogens is 204 g/mol. The van der Waals surface area contributed by atoms with E-state index >= 15 is 0 Å². The van der Waals surface area contributed by atoms with Crippen LogP contribution in [0.25, 0.3) is 0 Å². The maximum atomic E-state index is 11.2. The van der Waals surface area contributed by atoms with Crippen molar-refractivity contribution < 1.29 is 9.53 Å². The summed E-state index contributed by atoms with van der Waals surface area (Å²) < 4.78 is 5.02. The van der Waals surface area contributed by atoms with E-state index in [-0.39, 0.29) is 0 Å². The fraction of sp³-hybridized carbons (Fsp3) is 0.417. The Labute approximate surface area is 95.8 Å². The number of hydrogen-bond acceptors (Lipinski definition) is 3. The number of carbonyl (C=O) groups is 1. The van der Waals surface area contributed by atoms with Crippen LogP contribution in [0.15, 0.2) is 24.3 Å². The second-order valence-electron chi connectivity index (χ2n) is 3.63. The first kappa shape index (κ1) is 12.5. The van der Waals surface area contributed by atoms with Crippen molar-refractivity contribution in [3.8, 4) is 0 Å².